The van der Waals surface area contributed by atoms with E-state index in [0.717, 1.165) is 9.24 Å². The third-order valence-electron chi connectivity index (χ3n) is 2.28. The third-order valence-corrected chi connectivity index (χ3v) is 4.07. The van der Waals surface area contributed by atoms with Gasteiger partial charge in [0.25, 0.3) is 0 Å². The van der Waals surface area contributed by atoms with Gasteiger partial charge in [-0.2, -0.15) is 4.37 Å². The first-order chi connectivity index (χ1) is 8.08. The van der Waals surface area contributed by atoms with E-state index < -0.39 is 6.10 Å². The van der Waals surface area contributed by atoms with Crippen molar-refractivity contribution < 1.29 is 9.50 Å². The van der Waals surface area contributed by atoms with E-state index in [1.807, 2.05) is 0 Å². The molecular formula is C11H11FN2OS2. The standard InChI is InChI=1S/C11H11FN2OS2/c1-6-3-10(16-11-13-5-14-17-11)8(7(2)15)4-9(6)12/h3-5,7,15H,1-2H3/t7-/m0/s1. The lowest BCUT2D eigenvalue weighted by Crippen LogP contribution is -1.97. The fraction of sp³-hybridized carbons (Fsp3) is 0.273. The molecule has 1 aromatic carbocycles. The summed E-state index contributed by atoms with van der Waals surface area (Å²) in [5, 5.41) is 9.64. The van der Waals surface area contributed by atoms with Crippen LogP contribution in [0.5, 0.6) is 0 Å². The zero-order chi connectivity index (χ0) is 12.4. The fourth-order valence-electron chi connectivity index (χ4n) is 1.39. The lowest BCUT2D eigenvalue weighted by Gasteiger charge is -2.12. The molecule has 0 saturated heterocycles. The lowest BCUT2D eigenvalue weighted by molar-refractivity contribution is 0.196. The molecule has 0 fully saturated rings. The van der Waals surface area contributed by atoms with Gasteiger partial charge in [0.1, 0.15) is 12.1 Å². The Kier molecular flexibility index (Phi) is 3.76. The number of aliphatic hydroxyl groups excluding tert-OH is 1. The molecule has 0 aliphatic carbocycles. The highest BCUT2D eigenvalue weighted by Gasteiger charge is 2.14. The summed E-state index contributed by atoms with van der Waals surface area (Å²) in [4.78, 5) is 4.87. The first kappa shape index (κ1) is 12.5. The Morgan fingerprint density at radius 2 is 2.24 bits per heavy atom. The quantitative estimate of drug-likeness (QED) is 0.930. The molecule has 0 saturated carbocycles. The molecule has 6 heteroatoms. The molecule has 0 spiro atoms. The molecule has 0 amide bonds. The van der Waals surface area contributed by atoms with Crippen LogP contribution in [0.25, 0.3) is 0 Å². The Morgan fingerprint density at radius 3 is 2.82 bits per heavy atom. The molecule has 1 aromatic heterocycles. The number of aromatic nitrogens is 2. The lowest BCUT2D eigenvalue weighted by atomic mass is 10.1. The van der Waals surface area contributed by atoms with Crippen molar-refractivity contribution in [3.63, 3.8) is 0 Å². The second kappa shape index (κ2) is 5.12. The van der Waals surface area contributed by atoms with E-state index in [1.165, 1.54) is 35.7 Å². The summed E-state index contributed by atoms with van der Waals surface area (Å²) in [6.07, 6.45) is 0.770. The Hall–Kier alpha value is -0.980. The normalized spacial score (nSPS) is 12.7. The van der Waals surface area contributed by atoms with Gasteiger partial charge in [0, 0.05) is 4.90 Å². The Bertz CT molecular complexity index is 514. The van der Waals surface area contributed by atoms with Crippen molar-refractivity contribution in [3.05, 3.63) is 35.4 Å². The van der Waals surface area contributed by atoms with E-state index in [0.29, 0.717) is 11.1 Å². The van der Waals surface area contributed by atoms with Gasteiger partial charge in [0.15, 0.2) is 4.34 Å². The van der Waals surface area contributed by atoms with Crippen molar-refractivity contribution in [2.45, 2.75) is 29.2 Å². The van der Waals surface area contributed by atoms with Gasteiger partial charge in [-0.25, -0.2) is 9.37 Å². The van der Waals surface area contributed by atoms with E-state index >= 15 is 0 Å². The van der Waals surface area contributed by atoms with Gasteiger partial charge in [0.05, 0.1) is 6.10 Å². The van der Waals surface area contributed by atoms with Gasteiger partial charge in [0.2, 0.25) is 0 Å². The van der Waals surface area contributed by atoms with Crippen LogP contribution in [0.2, 0.25) is 0 Å². The van der Waals surface area contributed by atoms with Gasteiger partial charge in [-0.3, -0.25) is 0 Å². The molecule has 1 N–H and O–H groups in total. The molecule has 0 radical (unpaired) electrons. The molecule has 0 bridgehead atoms. The number of rotatable bonds is 3. The van der Waals surface area contributed by atoms with Crippen LogP contribution in [-0.4, -0.2) is 14.5 Å². The second-order valence-electron chi connectivity index (χ2n) is 3.62. The fourth-order valence-corrected chi connectivity index (χ4v) is 3.08. The maximum atomic E-state index is 13.5. The Balaban J connectivity index is 2.41. The zero-order valence-electron chi connectivity index (χ0n) is 9.35. The van der Waals surface area contributed by atoms with Crippen LogP contribution < -0.4 is 0 Å². The van der Waals surface area contributed by atoms with E-state index in [1.54, 1.807) is 19.9 Å². The van der Waals surface area contributed by atoms with Crippen LogP contribution in [0, 0.1) is 12.7 Å². The maximum absolute atomic E-state index is 13.5. The van der Waals surface area contributed by atoms with Crippen molar-refractivity contribution >= 4 is 23.3 Å². The van der Waals surface area contributed by atoms with Gasteiger partial charge < -0.3 is 5.11 Å². The molecule has 0 unspecified atom stereocenters. The maximum Gasteiger partial charge on any atom is 0.174 e. The summed E-state index contributed by atoms with van der Waals surface area (Å²) in [6.45, 7) is 3.32. The number of benzene rings is 1. The van der Waals surface area contributed by atoms with Gasteiger partial charge >= 0.3 is 0 Å². The van der Waals surface area contributed by atoms with Crippen LogP contribution >= 0.6 is 23.3 Å². The molecule has 3 nitrogen and oxygen atoms in total. The van der Waals surface area contributed by atoms with Crippen LogP contribution in [-0.2, 0) is 0 Å². The van der Waals surface area contributed by atoms with Crippen LogP contribution in [0.4, 0.5) is 4.39 Å². The number of aliphatic hydroxyl groups is 1. The minimum absolute atomic E-state index is 0.303. The first-order valence-electron chi connectivity index (χ1n) is 5.00. The highest BCUT2D eigenvalue weighted by Crippen LogP contribution is 2.35. The predicted molar refractivity (Wildman–Crippen MR) is 65.8 cm³/mol. The largest absolute Gasteiger partial charge is 0.389 e. The molecule has 90 valence electrons. The summed E-state index contributed by atoms with van der Waals surface area (Å²) in [6, 6.07) is 3.10. The summed E-state index contributed by atoms with van der Waals surface area (Å²) in [5.74, 6) is -0.303. The minimum Gasteiger partial charge on any atom is -0.389 e. The Morgan fingerprint density at radius 1 is 1.47 bits per heavy atom. The number of halogens is 1. The molecule has 2 aromatic rings. The number of hydrogen-bond donors (Lipinski definition) is 1. The van der Waals surface area contributed by atoms with Crippen LogP contribution in [0.15, 0.2) is 27.7 Å². The molecule has 2 rings (SSSR count). The topological polar surface area (TPSA) is 46.0 Å². The molecule has 0 aliphatic heterocycles. The van der Waals surface area contributed by atoms with Crippen molar-refractivity contribution in [3.8, 4) is 0 Å². The van der Waals surface area contributed by atoms with Crippen molar-refractivity contribution in [1.82, 2.24) is 9.36 Å². The smallest absolute Gasteiger partial charge is 0.174 e. The summed E-state index contributed by atoms with van der Waals surface area (Å²) in [5.41, 5.74) is 1.13. The van der Waals surface area contributed by atoms with E-state index in [-0.39, 0.29) is 5.82 Å². The molecule has 17 heavy (non-hydrogen) atoms. The van der Waals surface area contributed by atoms with Crippen molar-refractivity contribution in [2.24, 2.45) is 0 Å². The van der Waals surface area contributed by atoms with E-state index in [4.69, 9.17) is 0 Å². The van der Waals surface area contributed by atoms with E-state index in [9.17, 15) is 9.50 Å². The first-order valence-corrected chi connectivity index (χ1v) is 6.59. The number of nitrogens with zero attached hydrogens (tertiary/aromatic N) is 2. The number of hydrogen-bond acceptors (Lipinski definition) is 5. The summed E-state index contributed by atoms with van der Waals surface area (Å²) < 4.78 is 18.1. The average Bonchev–Trinajstić information content (AvgIpc) is 2.75. The average molecular weight is 270 g/mol. The van der Waals surface area contributed by atoms with Crippen molar-refractivity contribution in [2.75, 3.05) is 0 Å². The zero-order valence-corrected chi connectivity index (χ0v) is 11.0. The SMILES string of the molecule is Cc1cc(Sc2ncns2)c([C@H](C)O)cc1F. The molecule has 0 aliphatic rings. The van der Waals surface area contributed by atoms with Crippen LogP contribution in [0.3, 0.4) is 0 Å². The molecule has 1 heterocycles. The Labute approximate surface area is 107 Å². The van der Waals surface area contributed by atoms with Gasteiger partial charge in [-0.1, -0.05) is 11.8 Å². The van der Waals surface area contributed by atoms with E-state index in [2.05, 4.69) is 9.36 Å². The number of aryl methyl sites for hydroxylation is 1. The summed E-state index contributed by atoms with van der Waals surface area (Å²) >= 11 is 2.67. The molecular weight excluding hydrogens is 259 g/mol. The third kappa shape index (κ3) is 2.83. The highest BCUT2D eigenvalue weighted by atomic mass is 32.2. The van der Waals surface area contributed by atoms with Crippen LogP contribution in [0.1, 0.15) is 24.2 Å². The van der Waals surface area contributed by atoms with Gasteiger partial charge in [-0.05, 0) is 48.6 Å². The molecule has 1 atom stereocenters. The minimum atomic E-state index is -0.708. The predicted octanol–water partition coefficient (Wildman–Crippen LogP) is 3.19. The van der Waals surface area contributed by atoms with Crippen molar-refractivity contribution in [1.29, 1.82) is 0 Å². The highest BCUT2D eigenvalue weighted by molar-refractivity contribution is 8.01. The van der Waals surface area contributed by atoms with Gasteiger partial charge in [-0.15, -0.1) is 0 Å². The monoisotopic (exact) mass is 270 g/mol. The second-order valence-corrected chi connectivity index (χ2v) is 5.69. The summed E-state index contributed by atoms with van der Waals surface area (Å²) in [7, 11) is 0.